The third-order valence-corrected chi connectivity index (χ3v) is 6.94. The van der Waals surface area contributed by atoms with Crippen LogP contribution in [-0.2, 0) is 4.52 Å². The SMILES string of the molecule is C/C=C/C/C=C/C=C\C=N\P1(C)(OCC)CCC=CN1. The zero-order valence-corrected chi connectivity index (χ0v) is 13.7. The number of nitrogens with one attached hydrogen (secondary N) is 1. The third-order valence-electron chi connectivity index (χ3n) is 3.14. The van der Waals surface area contributed by atoms with Gasteiger partial charge in [-0.2, -0.15) is 0 Å². The number of hydrogen-bond donors (Lipinski definition) is 1. The fraction of sp³-hybridized carbons (Fsp3) is 0.438. The Hall–Kier alpha value is -1.18. The summed E-state index contributed by atoms with van der Waals surface area (Å²) in [5, 5.41) is 3.40. The first-order valence-electron chi connectivity index (χ1n) is 7.21. The molecule has 0 fully saturated rings. The van der Waals surface area contributed by atoms with Gasteiger partial charge in [0, 0.05) is 0 Å². The van der Waals surface area contributed by atoms with Crippen LogP contribution in [0.5, 0.6) is 0 Å². The van der Waals surface area contributed by atoms with Crippen molar-refractivity contribution < 1.29 is 4.52 Å². The molecule has 0 amide bonds. The molecule has 0 aliphatic carbocycles. The van der Waals surface area contributed by atoms with Crippen molar-refractivity contribution in [2.24, 2.45) is 4.76 Å². The average molecular weight is 294 g/mol. The van der Waals surface area contributed by atoms with E-state index >= 15 is 0 Å². The summed E-state index contributed by atoms with van der Waals surface area (Å²) in [7, 11) is -2.59. The van der Waals surface area contributed by atoms with E-state index in [1.54, 1.807) is 0 Å². The van der Waals surface area contributed by atoms with Crippen molar-refractivity contribution in [2.75, 3.05) is 19.4 Å². The first kappa shape index (κ1) is 16.9. The van der Waals surface area contributed by atoms with Crippen molar-refractivity contribution in [1.29, 1.82) is 0 Å². The van der Waals surface area contributed by atoms with Gasteiger partial charge in [0.25, 0.3) is 0 Å². The Bertz CT molecular complexity index is 440. The Morgan fingerprint density at radius 3 is 2.80 bits per heavy atom. The van der Waals surface area contributed by atoms with E-state index in [1.165, 1.54) is 0 Å². The number of rotatable bonds is 7. The first-order chi connectivity index (χ1) is 9.63. The first-order valence-corrected chi connectivity index (χ1v) is 9.95. The Balaban J connectivity index is 2.62. The van der Waals surface area contributed by atoms with Crippen LogP contribution in [0.25, 0.3) is 0 Å². The van der Waals surface area contributed by atoms with Gasteiger partial charge in [-0.1, -0.05) is 0 Å². The zero-order chi connectivity index (χ0) is 14.8. The Morgan fingerprint density at radius 2 is 2.15 bits per heavy atom. The van der Waals surface area contributed by atoms with Crippen LogP contribution in [0.15, 0.2) is 53.5 Å². The van der Waals surface area contributed by atoms with Gasteiger partial charge >= 0.3 is 123 Å². The van der Waals surface area contributed by atoms with E-state index in [0.717, 1.165) is 19.0 Å². The summed E-state index contributed by atoms with van der Waals surface area (Å²) in [5.74, 6) is 0. The molecule has 0 radical (unpaired) electrons. The van der Waals surface area contributed by atoms with Gasteiger partial charge in [-0.15, -0.1) is 0 Å². The predicted octanol–water partition coefficient (Wildman–Crippen LogP) is 4.61. The molecule has 1 heterocycles. The second-order valence-electron chi connectivity index (χ2n) is 4.97. The van der Waals surface area contributed by atoms with Crippen LogP contribution in [0.3, 0.4) is 0 Å². The van der Waals surface area contributed by atoms with E-state index in [-0.39, 0.29) is 0 Å². The molecule has 1 rings (SSSR count). The fourth-order valence-electron chi connectivity index (χ4n) is 2.04. The molecule has 0 spiro atoms. The summed E-state index contributed by atoms with van der Waals surface area (Å²) in [6, 6.07) is 0. The summed E-state index contributed by atoms with van der Waals surface area (Å²) in [6.45, 7) is 6.86. The van der Waals surface area contributed by atoms with Crippen LogP contribution in [0.1, 0.15) is 26.7 Å². The van der Waals surface area contributed by atoms with E-state index in [4.69, 9.17) is 9.29 Å². The summed E-state index contributed by atoms with van der Waals surface area (Å²) in [5.41, 5.74) is 0. The van der Waals surface area contributed by atoms with Gasteiger partial charge in [-0.3, -0.25) is 0 Å². The van der Waals surface area contributed by atoms with Crippen molar-refractivity contribution in [3.63, 3.8) is 0 Å². The van der Waals surface area contributed by atoms with Gasteiger partial charge in [-0.05, 0) is 0 Å². The van der Waals surface area contributed by atoms with Gasteiger partial charge in [0.05, 0.1) is 0 Å². The minimum absolute atomic E-state index is 0.680. The molecule has 0 atom stereocenters. The van der Waals surface area contributed by atoms with Gasteiger partial charge in [0.2, 0.25) is 0 Å². The molecule has 0 aromatic carbocycles. The van der Waals surface area contributed by atoms with Gasteiger partial charge in [0.1, 0.15) is 0 Å². The molecule has 112 valence electrons. The molecule has 0 saturated heterocycles. The molecule has 1 aliphatic heterocycles. The van der Waals surface area contributed by atoms with E-state index in [2.05, 4.69) is 36.1 Å². The molecule has 0 bridgehead atoms. The summed E-state index contributed by atoms with van der Waals surface area (Å²) >= 11 is 0. The molecule has 0 saturated carbocycles. The van der Waals surface area contributed by atoms with Crippen LogP contribution >= 0.6 is 7.13 Å². The number of allylic oxidation sites excluding steroid dienone is 7. The molecule has 0 aromatic heterocycles. The molecule has 3 nitrogen and oxygen atoms in total. The third kappa shape index (κ3) is 5.44. The van der Waals surface area contributed by atoms with E-state index in [0.29, 0.717) is 6.61 Å². The van der Waals surface area contributed by atoms with Crippen molar-refractivity contribution in [3.05, 3.63) is 48.7 Å². The van der Waals surface area contributed by atoms with E-state index < -0.39 is 7.13 Å². The van der Waals surface area contributed by atoms with Gasteiger partial charge in [-0.25, -0.2) is 0 Å². The van der Waals surface area contributed by atoms with Crippen LogP contribution in [-0.4, -0.2) is 25.6 Å². The Labute approximate surface area is 123 Å². The van der Waals surface area contributed by atoms with Crippen molar-refractivity contribution >= 4 is 13.3 Å². The standard InChI is InChI=1S/C16H27N2OP/c1-4-6-7-8-9-10-11-14-17-20(3,19-5-2)16-13-12-15-18-20/h4,6,8-12,14-15,18H,5,7,13,16H2,1-3H3/b6-4+,9-8+,11-10-,17-14+. The topological polar surface area (TPSA) is 33.6 Å². The molecule has 0 aromatic rings. The predicted molar refractivity (Wildman–Crippen MR) is 92.4 cm³/mol. The minimum atomic E-state index is -2.59. The second-order valence-corrected chi connectivity index (χ2v) is 9.41. The zero-order valence-electron chi connectivity index (χ0n) is 12.8. The maximum absolute atomic E-state index is 6.03. The van der Waals surface area contributed by atoms with Gasteiger partial charge in [0.15, 0.2) is 0 Å². The number of nitrogens with zero attached hydrogens (tertiary/aromatic N) is 1. The Kier molecular flexibility index (Phi) is 6.90. The molecular formula is C16H27N2OP. The van der Waals surface area contributed by atoms with Crippen LogP contribution < -0.4 is 5.09 Å². The summed E-state index contributed by atoms with van der Waals surface area (Å²) in [4.78, 5) is 0. The quantitative estimate of drug-likeness (QED) is 0.322. The molecule has 20 heavy (non-hydrogen) atoms. The maximum atomic E-state index is 6.03. The number of hydrogen-bond acceptors (Lipinski definition) is 3. The molecule has 0 unspecified atom stereocenters. The van der Waals surface area contributed by atoms with Crippen molar-refractivity contribution in [3.8, 4) is 0 Å². The molecule has 1 N–H and O–H groups in total. The Morgan fingerprint density at radius 1 is 1.30 bits per heavy atom. The normalized spacial score (nSPS) is 23.4. The van der Waals surface area contributed by atoms with Crippen LogP contribution in [0.2, 0.25) is 0 Å². The van der Waals surface area contributed by atoms with Gasteiger partial charge < -0.3 is 0 Å². The van der Waals surface area contributed by atoms with Crippen LogP contribution in [0, 0.1) is 0 Å². The molecule has 4 heteroatoms. The van der Waals surface area contributed by atoms with Crippen LogP contribution in [0.4, 0.5) is 0 Å². The molecule has 1 aliphatic rings. The van der Waals surface area contributed by atoms with Crippen molar-refractivity contribution in [2.45, 2.75) is 26.7 Å². The second kappa shape index (κ2) is 8.18. The van der Waals surface area contributed by atoms with Crippen molar-refractivity contribution in [1.82, 2.24) is 5.09 Å². The monoisotopic (exact) mass is 294 g/mol. The molecular weight excluding hydrogens is 267 g/mol. The van der Waals surface area contributed by atoms with E-state index in [1.807, 2.05) is 44.5 Å². The average Bonchev–Trinajstić information content (AvgIpc) is 2.43. The summed E-state index contributed by atoms with van der Waals surface area (Å²) in [6.07, 6.45) is 21.2. The fourth-order valence-corrected chi connectivity index (χ4v) is 4.97. The summed E-state index contributed by atoms with van der Waals surface area (Å²) < 4.78 is 10.8. The van der Waals surface area contributed by atoms with E-state index in [9.17, 15) is 0 Å².